The molecular formula is C20H15F4N7O2. The van der Waals surface area contributed by atoms with Gasteiger partial charge in [-0.1, -0.05) is 5.21 Å². The van der Waals surface area contributed by atoms with Crippen LogP contribution in [0, 0.1) is 5.82 Å². The number of aromatic nitrogens is 6. The first kappa shape index (κ1) is 21.9. The molecule has 2 aromatic carbocycles. The molecule has 0 unspecified atom stereocenters. The Hall–Kier alpha value is -4.29. The predicted molar refractivity (Wildman–Crippen MR) is 108 cm³/mol. The highest BCUT2D eigenvalue weighted by atomic mass is 19.4. The second-order valence-electron chi connectivity index (χ2n) is 6.69. The second kappa shape index (κ2) is 9.06. The zero-order valence-corrected chi connectivity index (χ0v) is 16.7. The maximum absolute atomic E-state index is 14.1. The molecule has 2 heterocycles. The van der Waals surface area contributed by atoms with Crippen molar-refractivity contribution >= 4 is 11.5 Å². The van der Waals surface area contributed by atoms with Gasteiger partial charge in [-0.25, -0.2) is 9.37 Å². The number of halogens is 4. The molecule has 0 bridgehead atoms. The van der Waals surface area contributed by atoms with Crippen LogP contribution in [-0.4, -0.2) is 36.8 Å². The van der Waals surface area contributed by atoms with E-state index >= 15 is 0 Å². The van der Waals surface area contributed by atoms with E-state index in [2.05, 4.69) is 30.9 Å². The highest BCUT2D eigenvalue weighted by molar-refractivity contribution is 5.57. The number of H-pyrrole nitrogens is 1. The lowest BCUT2D eigenvalue weighted by atomic mass is 10.2. The number of nitrogens with zero attached hydrogens (tertiary/aromatic N) is 5. The van der Waals surface area contributed by atoms with E-state index < -0.39 is 23.1 Å². The molecule has 2 aromatic heterocycles. The van der Waals surface area contributed by atoms with Crippen LogP contribution in [0.25, 0.3) is 5.69 Å². The van der Waals surface area contributed by atoms with E-state index in [-0.39, 0.29) is 11.5 Å². The number of hydrogen-bond donors (Lipinski definition) is 2. The van der Waals surface area contributed by atoms with Crippen LogP contribution in [-0.2, 0) is 12.6 Å². The number of rotatable bonds is 7. The van der Waals surface area contributed by atoms with E-state index in [1.807, 2.05) is 0 Å². The fraction of sp³-hybridized carbons (Fsp3) is 0.150. The number of hydrogen-bond acceptors (Lipinski definition) is 7. The van der Waals surface area contributed by atoms with Gasteiger partial charge in [0, 0.05) is 24.5 Å². The molecule has 170 valence electrons. The van der Waals surface area contributed by atoms with Gasteiger partial charge in [0.2, 0.25) is 0 Å². The summed E-state index contributed by atoms with van der Waals surface area (Å²) in [6.45, 7) is 0.320. The van der Waals surface area contributed by atoms with Crippen molar-refractivity contribution in [1.82, 2.24) is 30.2 Å². The minimum Gasteiger partial charge on any atom is -0.493 e. The van der Waals surface area contributed by atoms with Crippen LogP contribution in [0.1, 0.15) is 11.4 Å². The van der Waals surface area contributed by atoms with E-state index in [0.717, 1.165) is 6.07 Å². The number of ether oxygens (including phenoxy) is 1. The Bertz CT molecular complexity index is 1290. The Kier molecular flexibility index (Phi) is 6.02. The molecule has 0 saturated carbocycles. The van der Waals surface area contributed by atoms with Gasteiger partial charge in [-0.3, -0.25) is 9.36 Å². The molecule has 0 radical (unpaired) electrons. The van der Waals surface area contributed by atoms with Gasteiger partial charge in [0.25, 0.3) is 5.56 Å². The number of alkyl halides is 3. The second-order valence-corrected chi connectivity index (χ2v) is 6.69. The zero-order valence-electron chi connectivity index (χ0n) is 16.7. The topological polar surface area (TPSA) is 111 Å². The lowest BCUT2D eigenvalue weighted by molar-refractivity contribution is -0.137. The first-order valence-electron chi connectivity index (χ1n) is 9.48. The number of aromatic amines is 1. The molecular weight excluding hydrogens is 446 g/mol. The van der Waals surface area contributed by atoms with Crippen molar-refractivity contribution in [3.8, 4) is 11.4 Å². The van der Waals surface area contributed by atoms with E-state index in [9.17, 15) is 22.4 Å². The van der Waals surface area contributed by atoms with Crippen molar-refractivity contribution in [1.29, 1.82) is 0 Å². The summed E-state index contributed by atoms with van der Waals surface area (Å²) < 4.78 is 59.1. The summed E-state index contributed by atoms with van der Waals surface area (Å²) in [4.78, 5) is 16.7. The first-order chi connectivity index (χ1) is 15.8. The van der Waals surface area contributed by atoms with Crippen LogP contribution in [0.2, 0.25) is 0 Å². The first-order valence-corrected chi connectivity index (χ1v) is 9.48. The number of nitrogens with one attached hydrogen (secondary N) is 2. The number of anilines is 2. The molecule has 0 amide bonds. The Labute approximate surface area is 183 Å². The molecule has 0 fully saturated rings. The van der Waals surface area contributed by atoms with Crippen molar-refractivity contribution in [2.24, 2.45) is 0 Å². The van der Waals surface area contributed by atoms with Gasteiger partial charge in [-0.15, -0.1) is 10.2 Å². The van der Waals surface area contributed by atoms with Crippen molar-refractivity contribution in [3.05, 3.63) is 82.4 Å². The smallest absolute Gasteiger partial charge is 0.416 e. The zero-order chi connectivity index (χ0) is 23.4. The monoisotopic (exact) mass is 461 g/mol. The fourth-order valence-corrected chi connectivity index (χ4v) is 2.87. The quantitative estimate of drug-likeness (QED) is 0.407. The predicted octanol–water partition coefficient (Wildman–Crippen LogP) is 3.27. The Balaban J connectivity index is 1.48. The van der Waals surface area contributed by atoms with Gasteiger partial charge in [0.1, 0.15) is 11.6 Å². The number of tetrazole rings is 1. The van der Waals surface area contributed by atoms with E-state index in [0.29, 0.717) is 42.4 Å². The normalized spacial score (nSPS) is 11.4. The van der Waals surface area contributed by atoms with E-state index in [4.69, 9.17) is 4.74 Å². The molecule has 0 saturated heterocycles. The summed E-state index contributed by atoms with van der Waals surface area (Å²) >= 11 is 0. The molecule has 0 spiro atoms. The Morgan fingerprint density at radius 1 is 1.12 bits per heavy atom. The fourth-order valence-electron chi connectivity index (χ4n) is 2.87. The van der Waals surface area contributed by atoms with Gasteiger partial charge in [0.15, 0.2) is 11.6 Å². The molecule has 0 aliphatic rings. The maximum atomic E-state index is 14.1. The summed E-state index contributed by atoms with van der Waals surface area (Å²) in [6.07, 6.45) is -1.51. The standard InChI is InChI=1S/C20H15F4N7O2/c21-15-11-12(20(22,23)24)1-6-16(15)26-18-19(32)31(9-8-25-18)13-2-4-14(5-3-13)33-10-7-17-27-29-30-28-17/h1-6,8-9,11H,7,10H2,(H,25,26)(H,27,28,29,30). The van der Waals surface area contributed by atoms with Crippen LogP contribution in [0.5, 0.6) is 5.75 Å². The van der Waals surface area contributed by atoms with Crippen LogP contribution in [0.3, 0.4) is 0 Å². The SMILES string of the molecule is O=c1c(Nc2ccc(C(F)(F)F)cc2F)nccn1-c1ccc(OCCc2nn[nH]n2)cc1. The van der Waals surface area contributed by atoms with Gasteiger partial charge in [-0.2, -0.15) is 18.4 Å². The largest absolute Gasteiger partial charge is 0.493 e. The van der Waals surface area contributed by atoms with Crippen LogP contribution in [0.15, 0.2) is 59.7 Å². The summed E-state index contributed by atoms with van der Waals surface area (Å²) in [7, 11) is 0. The lowest BCUT2D eigenvalue weighted by Gasteiger charge is -2.12. The van der Waals surface area contributed by atoms with Crippen molar-refractivity contribution in [2.75, 3.05) is 11.9 Å². The van der Waals surface area contributed by atoms with Crippen LogP contribution < -0.4 is 15.6 Å². The Morgan fingerprint density at radius 3 is 2.58 bits per heavy atom. The summed E-state index contributed by atoms with van der Waals surface area (Å²) in [5, 5.41) is 15.9. The molecule has 0 aliphatic carbocycles. The summed E-state index contributed by atoms with van der Waals surface area (Å²) in [5.41, 5.74) is -1.59. The summed E-state index contributed by atoms with van der Waals surface area (Å²) in [5.74, 6) is -0.352. The van der Waals surface area contributed by atoms with Gasteiger partial charge >= 0.3 is 6.18 Å². The van der Waals surface area contributed by atoms with Gasteiger partial charge in [-0.05, 0) is 42.5 Å². The molecule has 13 heteroatoms. The molecule has 33 heavy (non-hydrogen) atoms. The third-order valence-corrected chi connectivity index (χ3v) is 4.49. The number of benzene rings is 2. The molecule has 2 N–H and O–H groups in total. The highest BCUT2D eigenvalue weighted by Crippen LogP contribution is 2.31. The average molecular weight is 461 g/mol. The van der Waals surface area contributed by atoms with Crippen LogP contribution in [0.4, 0.5) is 29.1 Å². The highest BCUT2D eigenvalue weighted by Gasteiger charge is 2.31. The van der Waals surface area contributed by atoms with E-state index in [1.165, 1.54) is 17.0 Å². The van der Waals surface area contributed by atoms with Crippen molar-refractivity contribution < 1.29 is 22.3 Å². The third-order valence-electron chi connectivity index (χ3n) is 4.49. The lowest BCUT2D eigenvalue weighted by Crippen LogP contribution is -2.22. The molecule has 0 atom stereocenters. The molecule has 0 aliphatic heterocycles. The maximum Gasteiger partial charge on any atom is 0.416 e. The molecule has 9 nitrogen and oxygen atoms in total. The van der Waals surface area contributed by atoms with Crippen molar-refractivity contribution in [2.45, 2.75) is 12.6 Å². The van der Waals surface area contributed by atoms with Crippen molar-refractivity contribution in [3.63, 3.8) is 0 Å². The van der Waals surface area contributed by atoms with Gasteiger partial charge in [0.05, 0.1) is 17.9 Å². The van der Waals surface area contributed by atoms with E-state index in [1.54, 1.807) is 24.3 Å². The average Bonchev–Trinajstić information content (AvgIpc) is 3.30. The van der Waals surface area contributed by atoms with Crippen LogP contribution >= 0.6 is 0 Å². The molecule has 4 aromatic rings. The van der Waals surface area contributed by atoms with Gasteiger partial charge < -0.3 is 10.1 Å². The summed E-state index contributed by atoms with van der Waals surface area (Å²) in [6, 6.07) is 8.53. The molecule has 4 rings (SSSR count). The minimum atomic E-state index is -4.68. The third kappa shape index (κ3) is 5.14. The minimum absolute atomic E-state index is 0.253. The Morgan fingerprint density at radius 2 is 1.91 bits per heavy atom.